The van der Waals surface area contributed by atoms with Crippen LogP contribution in [0.2, 0.25) is 0 Å². The predicted octanol–water partition coefficient (Wildman–Crippen LogP) is 0.547. The molecule has 102 valence electrons. The molecule has 2 aliphatic heterocycles. The SMILES string of the molecule is O=C1NC(=O)/C(=C/C2=Cc3ccccc3OC2)C(O)N1. The average Bonchev–Trinajstić information content (AvgIpc) is 2.42. The Bertz CT molecular complexity index is 648. The fourth-order valence-electron chi connectivity index (χ4n) is 2.10. The van der Waals surface area contributed by atoms with Crippen LogP contribution in [0.1, 0.15) is 5.56 Å². The molecule has 2 aliphatic rings. The van der Waals surface area contributed by atoms with Crippen molar-refractivity contribution in [2.45, 2.75) is 6.23 Å². The predicted molar refractivity (Wildman–Crippen MR) is 70.7 cm³/mol. The van der Waals surface area contributed by atoms with Crippen molar-refractivity contribution in [2.75, 3.05) is 6.61 Å². The zero-order valence-corrected chi connectivity index (χ0v) is 10.4. The summed E-state index contributed by atoms with van der Waals surface area (Å²) in [6.45, 7) is 0.300. The highest BCUT2D eigenvalue weighted by atomic mass is 16.5. The second kappa shape index (κ2) is 4.82. The highest BCUT2D eigenvalue weighted by molar-refractivity contribution is 6.07. The van der Waals surface area contributed by atoms with Crippen LogP contribution in [0.15, 0.2) is 41.5 Å². The molecule has 6 heteroatoms. The van der Waals surface area contributed by atoms with Crippen molar-refractivity contribution in [1.29, 1.82) is 0 Å². The van der Waals surface area contributed by atoms with E-state index in [1.54, 1.807) is 0 Å². The molecule has 1 unspecified atom stereocenters. The molecule has 0 aliphatic carbocycles. The van der Waals surface area contributed by atoms with Crippen molar-refractivity contribution in [1.82, 2.24) is 10.6 Å². The Kier molecular flexibility index (Phi) is 3.00. The van der Waals surface area contributed by atoms with Crippen LogP contribution >= 0.6 is 0 Å². The van der Waals surface area contributed by atoms with Crippen LogP contribution in [0.5, 0.6) is 5.75 Å². The van der Waals surface area contributed by atoms with Crippen LogP contribution in [-0.2, 0) is 4.79 Å². The average molecular weight is 272 g/mol. The molecule has 0 spiro atoms. The lowest BCUT2D eigenvalue weighted by atomic mass is 10.0. The van der Waals surface area contributed by atoms with Gasteiger partial charge in [-0.15, -0.1) is 0 Å². The standard InChI is InChI=1S/C14H12N2O4/c17-12-10(13(18)16-14(19)15-12)6-8-5-9-3-1-2-4-11(9)20-7-8/h1-6,12,17H,7H2,(H2,15,16,18,19)/b10-6+. The highest BCUT2D eigenvalue weighted by Gasteiger charge is 2.28. The molecule has 3 rings (SSSR count). The van der Waals surface area contributed by atoms with Gasteiger partial charge < -0.3 is 15.2 Å². The molecule has 0 aromatic heterocycles. The van der Waals surface area contributed by atoms with E-state index in [9.17, 15) is 14.7 Å². The first-order chi connectivity index (χ1) is 9.63. The summed E-state index contributed by atoms with van der Waals surface area (Å²) in [6.07, 6.45) is 2.09. The largest absolute Gasteiger partial charge is 0.488 e. The van der Waals surface area contributed by atoms with Crippen molar-refractivity contribution >= 4 is 18.0 Å². The topological polar surface area (TPSA) is 87.7 Å². The third kappa shape index (κ3) is 2.28. The smallest absolute Gasteiger partial charge is 0.323 e. The Morgan fingerprint density at radius 2 is 2.10 bits per heavy atom. The van der Waals surface area contributed by atoms with Crippen LogP contribution in [0.3, 0.4) is 0 Å². The second-order valence-corrected chi connectivity index (χ2v) is 4.48. The van der Waals surface area contributed by atoms with E-state index < -0.39 is 18.2 Å². The number of hydrogen-bond acceptors (Lipinski definition) is 4. The molecular weight excluding hydrogens is 260 g/mol. The zero-order valence-electron chi connectivity index (χ0n) is 10.4. The Morgan fingerprint density at radius 3 is 2.90 bits per heavy atom. The minimum atomic E-state index is -1.31. The first kappa shape index (κ1) is 12.4. The number of aliphatic hydroxyl groups excluding tert-OH is 1. The monoisotopic (exact) mass is 272 g/mol. The summed E-state index contributed by atoms with van der Waals surface area (Å²) in [5.74, 6) is 0.164. The van der Waals surface area contributed by atoms with Gasteiger partial charge in [0, 0.05) is 5.56 Å². The zero-order chi connectivity index (χ0) is 14.1. The molecule has 3 N–H and O–H groups in total. The number of para-hydroxylation sites is 1. The quantitative estimate of drug-likeness (QED) is 0.651. The van der Waals surface area contributed by atoms with Crippen LogP contribution in [0, 0.1) is 0 Å². The number of fused-ring (bicyclic) bond motifs is 1. The summed E-state index contributed by atoms with van der Waals surface area (Å²) in [6, 6.07) is 6.81. The molecule has 1 saturated heterocycles. The Balaban J connectivity index is 1.91. The number of carbonyl (C=O) groups excluding carboxylic acids is 2. The number of nitrogens with one attached hydrogen (secondary N) is 2. The Labute approximate surface area is 114 Å². The molecule has 0 radical (unpaired) electrons. The molecule has 3 amide bonds. The van der Waals surface area contributed by atoms with Crippen molar-refractivity contribution in [3.8, 4) is 5.75 Å². The Morgan fingerprint density at radius 1 is 1.30 bits per heavy atom. The Hall–Kier alpha value is -2.60. The van der Waals surface area contributed by atoms with Crippen molar-refractivity contribution < 1.29 is 19.4 Å². The van der Waals surface area contributed by atoms with Gasteiger partial charge in [-0.25, -0.2) is 4.79 Å². The van der Waals surface area contributed by atoms with Crippen molar-refractivity contribution in [3.63, 3.8) is 0 Å². The normalized spacial score (nSPS) is 23.4. The number of hydrogen-bond donors (Lipinski definition) is 3. The molecule has 6 nitrogen and oxygen atoms in total. The number of urea groups is 1. The molecule has 1 atom stereocenters. The molecule has 20 heavy (non-hydrogen) atoms. The summed E-state index contributed by atoms with van der Waals surface area (Å²) in [5.41, 5.74) is 1.73. The van der Waals surface area contributed by atoms with Gasteiger partial charge in [0.25, 0.3) is 5.91 Å². The second-order valence-electron chi connectivity index (χ2n) is 4.48. The fraction of sp³-hybridized carbons (Fsp3) is 0.143. The fourth-order valence-corrected chi connectivity index (χ4v) is 2.10. The third-order valence-corrected chi connectivity index (χ3v) is 3.05. The number of rotatable bonds is 1. The molecule has 1 aromatic carbocycles. The van der Waals surface area contributed by atoms with E-state index in [0.717, 1.165) is 16.9 Å². The minimum absolute atomic E-state index is 0.0823. The lowest BCUT2D eigenvalue weighted by Crippen LogP contribution is -2.53. The van der Waals surface area contributed by atoms with Gasteiger partial charge in [-0.1, -0.05) is 18.2 Å². The lowest BCUT2D eigenvalue weighted by Gasteiger charge is -2.23. The van der Waals surface area contributed by atoms with Gasteiger partial charge in [0.2, 0.25) is 0 Å². The van der Waals surface area contributed by atoms with Crippen LogP contribution < -0.4 is 15.4 Å². The summed E-state index contributed by atoms with van der Waals surface area (Å²) >= 11 is 0. The first-order valence-electron chi connectivity index (χ1n) is 6.07. The van der Waals surface area contributed by atoms with Crippen LogP contribution in [0.4, 0.5) is 4.79 Å². The van der Waals surface area contributed by atoms with Gasteiger partial charge >= 0.3 is 6.03 Å². The number of imide groups is 1. The lowest BCUT2D eigenvalue weighted by molar-refractivity contribution is -0.118. The van der Waals surface area contributed by atoms with Gasteiger partial charge in [0.15, 0.2) is 6.23 Å². The van der Waals surface area contributed by atoms with E-state index in [1.807, 2.05) is 30.3 Å². The maximum absolute atomic E-state index is 11.7. The van der Waals surface area contributed by atoms with Crippen molar-refractivity contribution in [2.24, 2.45) is 0 Å². The molecule has 0 saturated carbocycles. The van der Waals surface area contributed by atoms with Gasteiger partial charge in [-0.2, -0.15) is 0 Å². The van der Waals surface area contributed by atoms with Crippen LogP contribution in [0.25, 0.3) is 6.08 Å². The van der Waals surface area contributed by atoms with Gasteiger partial charge in [0.05, 0.1) is 5.57 Å². The maximum Gasteiger partial charge on any atom is 0.323 e. The van der Waals surface area contributed by atoms with E-state index in [1.165, 1.54) is 6.08 Å². The summed E-state index contributed by atoms with van der Waals surface area (Å²) in [5, 5.41) is 14.0. The van der Waals surface area contributed by atoms with E-state index in [4.69, 9.17) is 4.74 Å². The number of carbonyl (C=O) groups is 2. The molecule has 2 heterocycles. The van der Waals surface area contributed by atoms with Gasteiger partial charge in [0.1, 0.15) is 12.4 Å². The molecule has 0 bridgehead atoms. The number of amides is 3. The third-order valence-electron chi connectivity index (χ3n) is 3.05. The molecule has 1 fully saturated rings. The van der Waals surface area contributed by atoms with Gasteiger partial charge in [-0.05, 0) is 23.8 Å². The number of benzene rings is 1. The number of ether oxygens (including phenoxy) is 1. The van der Waals surface area contributed by atoms with E-state index >= 15 is 0 Å². The highest BCUT2D eigenvalue weighted by Crippen LogP contribution is 2.26. The van der Waals surface area contributed by atoms with Gasteiger partial charge in [-0.3, -0.25) is 10.1 Å². The van der Waals surface area contributed by atoms with E-state index in [-0.39, 0.29) is 5.57 Å². The summed E-state index contributed by atoms with van der Waals surface area (Å²) in [7, 11) is 0. The molecular formula is C14H12N2O4. The molecule has 1 aromatic rings. The van der Waals surface area contributed by atoms with Crippen molar-refractivity contribution in [3.05, 3.63) is 47.1 Å². The van der Waals surface area contributed by atoms with E-state index in [0.29, 0.717) is 6.61 Å². The van der Waals surface area contributed by atoms with Crippen LogP contribution in [-0.4, -0.2) is 29.9 Å². The van der Waals surface area contributed by atoms with E-state index in [2.05, 4.69) is 10.6 Å². The maximum atomic E-state index is 11.7. The number of aliphatic hydroxyl groups is 1. The summed E-state index contributed by atoms with van der Waals surface area (Å²) < 4.78 is 5.56. The minimum Gasteiger partial charge on any atom is -0.488 e. The summed E-state index contributed by atoms with van der Waals surface area (Å²) in [4.78, 5) is 22.7. The first-order valence-corrected chi connectivity index (χ1v) is 6.07.